The summed E-state index contributed by atoms with van der Waals surface area (Å²) in [4.78, 5) is 11.9. The lowest BCUT2D eigenvalue weighted by Gasteiger charge is -2.15. The van der Waals surface area contributed by atoms with E-state index in [1.54, 1.807) is 0 Å². The van der Waals surface area contributed by atoms with E-state index in [-0.39, 0.29) is 11.8 Å². The van der Waals surface area contributed by atoms with Crippen LogP contribution in [0.3, 0.4) is 0 Å². The monoisotopic (exact) mass is 237 g/mol. The molecule has 1 amide bonds. The number of carbonyl (C=O) groups is 1. The SMILES string of the molecule is CCc1nnc(NC(=O)[C@H]2CC=CCC2)s1. The fraction of sp³-hybridized carbons (Fsp3) is 0.545. The topological polar surface area (TPSA) is 54.9 Å². The molecule has 0 spiro atoms. The summed E-state index contributed by atoms with van der Waals surface area (Å²) in [5.74, 6) is 0.169. The number of carbonyl (C=O) groups excluding carboxylic acids is 1. The van der Waals surface area contributed by atoms with Crippen LogP contribution in [0, 0.1) is 5.92 Å². The molecule has 4 nitrogen and oxygen atoms in total. The third kappa shape index (κ3) is 2.66. The Morgan fingerprint density at radius 3 is 3.06 bits per heavy atom. The molecule has 0 aliphatic heterocycles. The van der Waals surface area contributed by atoms with E-state index >= 15 is 0 Å². The summed E-state index contributed by atoms with van der Waals surface area (Å²) < 4.78 is 0. The minimum absolute atomic E-state index is 0.0724. The molecule has 0 fully saturated rings. The van der Waals surface area contributed by atoms with Gasteiger partial charge in [0.15, 0.2) is 0 Å². The fourth-order valence-electron chi connectivity index (χ4n) is 1.69. The summed E-state index contributed by atoms with van der Waals surface area (Å²) in [7, 11) is 0. The predicted octanol–water partition coefficient (Wildman–Crippen LogP) is 2.40. The van der Waals surface area contributed by atoms with Crippen molar-refractivity contribution in [1.29, 1.82) is 0 Å². The van der Waals surface area contributed by atoms with Crippen LogP contribution in [-0.4, -0.2) is 16.1 Å². The summed E-state index contributed by atoms with van der Waals surface area (Å²) in [6.07, 6.45) is 7.83. The smallest absolute Gasteiger partial charge is 0.229 e. The average molecular weight is 237 g/mol. The van der Waals surface area contributed by atoms with Gasteiger partial charge in [0.2, 0.25) is 11.0 Å². The summed E-state index contributed by atoms with van der Waals surface area (Å²) >= 11 is 1.45. The highest BCUT2D eigenvalue weighted by Gasteiger charge is 2.19. The van der Waals surface area contributed by atoms with Crippen molar-refractivity contribution in [3.8, 4) is 0 Å². The van der Waals surface area contributed by atoms with Crippen LogP contribution in [0.15, 0.2) is 12.2 Å². The van der Waals surface area contributed by atoms with E-state index in [1.165, 1.54) is 11.3 Å². The summed E-state index contributed by atoms with van der Waals surface area (Å²) in [5.41, 5.74) is 0. The van der Waals surface area contributed by atoms with Gasteiger partial charge in [-0.05, 0) is 25.7 Å². The van der Waals surface area contributed by atoms with E-state index in [4.69, 9.17) is 0 Å². The number of hydrogen-bond donors (Lipinski definition) is 1. The van der Waals surface area contributed by atoms with Crippen molar-refractivity contribution < 1.29 is 4.79 Å². The van der Waals surface area contributed by atoms with Crippen molar-refractivity contribution in [2.45, 2.75) is 32.6 Å². The molecule has 0 saturated carbocycles. The molecule has 1 aromatic rings. The van der Waals surface area contributed by atoms with Crippen LogP contribution in [0.2, 0.25) is 0 Å². The number of amides is 1. The molecule has 1 heterocycles. The van der Waals surface area contributed by atoms with Gasteiger partial charge in [-0.25, -0.2) is 0 Å². The maximum atomic E-state index is 11.9. The van der Waals surface area contributed by atoms with E-state index in [9.17, 15) is 4.79 Å². The zero-order chi connectivity index (χ0) is 11.4. The quantitative estimate of drug-likeness (QED) is 0.821. The molecule has 0 unspecified atom stereocenters. The lowest BCUT2D eigenvalue weighted by atomic mass is 9.94. The van der Waals surface area contributed by atoms with Crippen LogP contribution in [0.5, 0.6) is 0 Å². The Bertz CT molecular complexity index is 400. The normalized spacial score (nSPS) is 19.7. The Kier molecular flexibility index (Phi) is 3.66. The molecule has 0 bridgehead atoms. The number of anilines is 1. The number of aromatic nitrogens is 2. The highest BCUT2D eigenvalue weighted by molar-refractivity contribution is 7.15. The molecular weight excluding hydrogens is 222 g/mol. The van der Waals surface area contributed by atoms with E-state index < -0.39 is 0 Å². The highest BCUT2D eigenvalue weighted by Crippen LogP contribution is 2.21. The van der Waals surface area contributed by atoms with E-state index in [0.717, 1.165) is 30.7 Å². The number of allylic oxidation sites excluding steroid dienone is 2. The summed E-state index contributed by atoms with van der Waals surface area (Å²) in [5, 5.41) is 12.3. The van der Waals surface area contributed by atoms with Gasteiger partial charge < -0.3 is 5.32 Å². The Morgan fingerprint density at radius 1 is 1.56 bits per heavy atom. The summed E-state index contributed by atoms with van der Waals surface area (Å²) in [6.45, 7) is 2.03. The number of nitrogens with zero attached hydrogens (tertiary/aromatic N) is 2. The lowest BCUT2D eigenvalue weighted by Crippen LogP contribution is -2.23. The van der Waals surface area contributed by atoms with Gasteiger partial charge in [-0.2, -0.15) is 0 Å². The van der Waals surface area contributed by atoms with Crippen molar-refractivity contribution in [1.82, 2.24) is 10.2 Å². The van der Waals surface area contributed by atoms with E-state index in [2.05, 4.69) is 27.7 Å². The Hall–Kier alpha value is -1.23. The third-order valence-corrected chi connectivity index (χ3v) is 3.62. The maximum absolute atomic E-state index is 11.9. The van der Waals surface area contributed by atoms with Gasteiger partial charge in [-0.1, -0.05) is 30.4 Å². The molecule has 1 aliphatic carbocycles. The predicted molar refractivity (Wildman–Crippen MR) is 64.4 cm³/mol. The second kappa shape index (κ2) is 5.21. The van der Waals surface area contributed by atoms with Crippen LogP contribution in [0.25, 0.3) is 0 Å². The highest BCUT2D eigenvalue weighted by atomic mass is 32.1. The molecule has 5 heteroatoms. The van der Waals surface area contributed by atoms with Crippen LogP contribution >= 0.6 is 11.3 Å². The Balaban J connectivity index is 1.93. The second-order valence-electron chi connectivity index (χ2n) is 3.83. The molecule has 1 N–H and O–H groups in total. The summed E-state index contributed by atoms with van der Waals surface area (Å²) in [6, 6.07) is 0. The van der Waals surface area contributed by atoms with Crippen molar-refractivity contribution >= 4 is 22.4 Å². The van der Waals surface area contributed by atoms with Crippen molar-refractivity contribution in [3.63, 3.8) is 0 Å². The largest absolute Gasteiger partial charge is 0.300 e. The molecule has 16 heavy (non-hydrogen) atoms. The van der Waals surface area contributed by atoms with Gasteiger partial charge in [0.05, 0.1) is 0 Å². The van der Waals surface area contributed by atoms with Crippen molar-refractivity contribution in [2.75, 3.05) is 5.32 Å². The fourth-order valence-corrected chi connectivity index (χ4v) is 2.37. The zero-order valence-electron chi connectivity index (χ0n) is 9.27. The van der Waals surface area contributed by atoms with Crippen LogP contribution < -0.4 is 5.32 Å². The van der Waals surface area contributed by atoms with Crippen LogP contribution in [-0.2, 0) is 11.2 Å². The van der Waals surface area contributed by atoms with Crippen LogP contribution in [0.1, 0.15) is 31.2 Å². The molecule has 1 aromatic heterocycles. The number of rotatable bonds is 3. The van der Waals surface area contributed by atoms with E-state index in [0.29, 0.717) is 5.13 Å². The lowest BCUT2D eigenvalue weighted by molar-refractivity contribution is -0.120. The first-order valence-corrected chi connectivity index (χ1v) is 6.39. The molecule has 0 saturated heterocycles. The van der Waals surface area contributed by atoms with Gasteiger partial charge in [-0.3, -0.25) is 4.79 Å². The molecular formula is C11H15N3OS. The first kappa shape index (κ1) is 11.3. The van der Waals surface area contributed by atoms with Gasteiger partial charge >= 0.3 is 0 Å². The van der Waals surface area contributed by atoms with Crippen molar-refractivity contribution in [3.05, 3.63) is 17.2 Å². The molecule has 86 valence electrons. The number of aryl methyl sites for hydroxylation is 1. The molecule has 0 radical (unpaired) electrons. The first-order chi connectivity index (χ1) is 7.79. The minimum atomic E-state index is 0.0724. The Labute approximate surface area is 98.8 Å². The number of nitrogens with one attached hydrogen (secondary N) is 1. The number of hydrogen-bond acceptors (Lipinski definition) is 4. The Morgan fingerprint density at radius 2 is 2.44 bits per heavy atom. The standard InChI is InChI=1S/C11H15N3OS/c1-2-9-13-14-11(16-9)12-10(15)8-6-4-3-5-7-8/h3-4,8H,2,5-7H2,1H3,(H,12,14,15)/t8-/m0/s1. The van der Waals surface area contributed by atoms with Gasteiger partial charge in [-0.15, -0.1) is 10.2 Å². The minimum Gasteiger partial charge on any atom is -0.300 e. The molecule has 1 atom stereocenters. The average Bonchev–Trinajstić information content (AvgIpc) is 2.78. The van der Waals surface area contributed by atoms with Crippen molar-refractivity contribution in [2.24, 2.45) is 5.92 Å². The van der Waals surface area contributed by atoms with E-state index in [1.807, 2.05) is 6.92 Å². The molecule has 2 rings (SSSR count). The van der Waals surface area contributed by atoms with Gasteiger partial charge in [0, 0.05) is 5.92 Å². The zero-order valence-corrected chi connectivity index (χ0v) is 10.1. The third-order valence-electron chi connectivity index (χ3n) is 2.64. The first-order valence-electron chi connectivity index (χ1n) is 5.58. The molecule has 0 aromatic carbocycles. The van der Waals surface area contributed by atoms with Crippen LogP contribution in [0.4, 0.5) is 5.13 Å². The maximum Gasteiger partial charge on any atom is 0.229 e. The van der Waals surface area contributed by atoms with Gasteiger partial charge in [0.25, 0.3) is 0 Å². The van der Waals surface area contributed by atoms with Gasteiger partial charge in [0.1, 0.15) is 5.01 Å². The second-order valence-corrected chi connectivity index (χ2v) is 4.89. The molecule has 1 aliphatic rings.